The number of rotatable bonds is 11. The van der Waals surface area contributed by atoms with Gasteiger partial charge in [0.1, 0.15) is 18.4 Å². The molecule has 1 aliphatic rings. The topological polar surface area (TPSA) is 106 Å². The summed E-state index contributed by atoms with van der Waals surface area (Å²) in [6.45, 7) is 14.2. The van der Waals surface area contributed by atoms with E-state index in [0.717, 1.165) is 52.5 Å². The van der Waals surface area contributed by atoms with Gasteiger partial charge in [0.2, 0.25) is 5.91 Å². The van der Waals surface area contributed by atoms with Crippen LogP contribution in [0.1, 0.15) is 67.9 Å². The fraction of sp³-hybridized carbons (Fsp3) is 0.429. The summed E-state index contributed by atoms with van der Waals surface area (Å²) in [6, 6.07) is 18.7. The highest BCUT2D eigenvalue weighted by atomic mass is 32.2. The Morgan fingerprint density at radius 1 is 1.14 bits per heavy atom. The van der Waals surface area contributed by atoms with Crippen LogP contribution in [0.4, 0.5) is 11.4 Å². The number of carbonyl (C=O) groups is 2. The Bertz CT molecular complexity index is 1490. The van der Waals surface area contributed by atoms with Gasteiger partial charge in [-0.25, -0.2) is 4.31 Å². The van der Waals surface area contributed by atoms with E-state index in [1.54, 1.807) is 11.9 Å². The maximum absolute atomic E-state index is 13.7. The molecule has 0 spiro atoms. The lowest BCUT2D eigenvalue weighted by atomic mass is 9.69. The van der Waals surface area contributed by atoms with Crippen molar-refractivity contribution in [1.82, 2.24) is 9.62 Å². The van der Waals surface area contributed by atoms with Crippen LogP contribution in [-0.4, -0.2) is 49.0 Å². The van der Waals surface area contributed by atoms with E-state index in [2.05, 4.69) is 59.1 Å². The summed E-state index contributed by atoms with van der Waals surface area (Å²) in [6.07, 6.45) is 0.992. The summed E-state index contributed by atoms with van der Waals surface area (Å²) in [4.78, 5) is 26.7. The summed E-state index contributed by atoms with van der Waals surface area (Å²) >= 11 is 1.72. The Balaban J connectivity index is 1.76. The minimum Gasteiger partial charge on any atom is -0.488 e. The first-order valence-electron chi connectivity index (χ1n) is 15.3. The van der Waals surface area contributed by atoms with E-state index in [-0.39, 0.29) is 24.5 Å². The number of para-hydroxylation sites is 1. The van der Waals surface area contributed by atoms with E-state index < -0.39 is 11.4 Å². The van der Waals surface area contributed by atoms with Crippen molar-refractivity contribution in [3.05, 3.63) is 82.4 Å². The molecule has 1 amide bonds. The number of nitrogens with two attached hydrogens (primary N) is 1. The first-order chi connectivity index (χ1) is 21.0. The average Bonchev–Trinajstić information content (AvgIpc) is 3.19. The third-order valence-corrected chi connectivity index (χ3v) is 9.52. The zero-order valence-electron chi connectivity index (χ0n) is 27.0. The predicted octanol–water partition coefficient (Wildman–Crippen LogP) is 6.45. The lowest BCUT2D eigenvalue weighted by molar-refractivity contribution is -0.142. The number of ether oxygens (including phenoxy) is 2. The zero-order chi connectivity index (χ0) is 32.0. The number of nitrogens with one attached hydrogen (secondary N) is 2. The molecule has 0 bridgehead atoms. The lowest BCUT2D eigenvalue weighted by Gasteiger charge is -2.36. The number of anilines is 2. The molecule has 44 heavy (non-hydrogen) atoms. The second kappa shape index (κ2) is 14.4. The van der Waals surface area contributed by atoms with E-state index >= 15 is 0 Å². The minimum atomic E-state index is -0.936. The fourth-order valence-electron chi connectivity index (χ4n) is 5.76. The average molecular weight is 619 g/mol. The Morgan fingerprint density at radius 3 is 2.59 bits per heavy atom. The molecule has 0 fully saturated rings. The monoisotopic (exact) mass is 618 g/mol. The van der Waals surface area contributed by atoms with Crippen molar-refractivity contribution < 1.29 is 19.1 Å². The number of amides is 1. The normalized spacial score (nSPS) is 15.8. The highest BCUT2D eigenvalue weighted by Gasteiger charge is 2.40. The highest BCUT2D eigenvalue weighted by Crippen LogP contribution is 2.45. The SMILES string of the molecule is CCNc1ccc(C(c2ccc(C)c(CN3C[C@@H](CC)Oc4ccccc4S3)c2)C(C)(C)C(=O)NCC(=O)OC)c(C)c1N. The van der Waals surface area contributed by atoms with Crippen molar-refractivity contribution in [2.45, 2.75) is 71.4 Å². The summed E-state index contributed by atoms with van der Waals surface area (Å²) in [7, 11) is 1.31. The number of nitrogen functional groups attached to an aromatic ring is 1. The van der Waals surface area contributed by atoms with Crippen molar-refractivity contribution in [2.24, 2.45) is 5.41 Å². The number of esters is 1. The first-order valence-corrected chi connectivity index (χ1v) is 16.0. The smallest absolute Gasteiger partial charge is 0.325 e. The number of methoxy groups -OCH3 is 1. The van der Waals surface area contributed by atoms with Crippen molar-refractivity contribution in [2.75, 3.05) is 37.8 Å². The van der Waals surface area contributed by atoms with Crippen LogP contribution in [0.5, 0.6) is 5.75 Å². The molecule has 2 atom stereocenters. The molecule has 0 aliphatic carbocycles. The van der Waals surface area contributed by atoms with Gasteiger partial charge in [-0.3, -0.25) is 9.59 Å². The summed E-state index contributed by atoms with van der Waals surface area (Å²) in [5.74, 6) is -0.163. The largest absolute Gasteiger partial charge is 0.488 e. The van der Waals surface area contributed by atoms with Crippen LogP contribution < -0.4 is 21.1 Å². The van der Waals surface area contributed by atoms with Gasteiger partial charge in [0.25, 0.3) is 0 Å². The van der Waals surface area contributed by atoms with Gasteiger partial charge in [0, 0.05) is 25.6 Å². The van der Waals surface area contributed by atoms with Crippen molar-refractivity contribution >= 4 is 35.2 Å². The molecular formula is C35H46N4O4S. The van der Waals surface area contributed by atoms with Gasteiger partial charge in [-0.15, -0.1) is 0 Å². The third kappa shape index (κ3) is 7.33. The minimum absolute atomic E-state index is 0.0840. The standard InChI is InChI=1S/C35H46N4O4S/c1-8-26-21-39(44-30-13-11-10-12-29(30)43-26)20-25-18-24(15-14-22(25)3)32(35(5,6)34(41)38-19-31(40)42-7)27-16-17-28(37-9-2)33(36)23(27)4/h10-18,26,32,37H,8-9,19-21,36H2,1-7H3,(H,38,41)/t26-,32?/m1/s1. The van der Waals surface area contributed by atoms with Crippen LogP contribution in [-0.2, 0) is 20.9 Å². The molecular weight excluding hydrogens is 572 g/mol. The molecule has 1 aliphatic heterocycles. The van der Waals surface area contributed by atoms with Gasteiger partial charge in [0.05, 0.1) is 28.8 Å². The molecule has 0 saturated heterocycles. The van der Waals surface area contributed by atoms with Gasteiger partial charge in [0.15, 0.2) is 0 Å². The van der Waals surface area contributed by atoms with Gasteiger partial charge in [-0.05, 0) is 85.2 Å². The lowest BCUT2D eigenvalue weighted by Crippen LogP contribution is -2.43. The Hall–Kier alpha value is -3.69. The molecule has 9 heteroatoms. The number of hydrogen-bond donors (Lipinski definition) is 3. The molecule has 8 nitrogen and oxygen atoms in total. The highest BCUT2D eigenvalue weighted by molar-refractivity contribution is 7.97. The maximum Gasteiger partial charge on any atom is 0.325 e. The van der Waals surface area contributed by atoms with Crippen LogP contribution >= 0.6 is 11.9 Å². The van der Waals surface area contributed by atoms with Crippen LogP contribution in [0.3, 0.4) is 0 Å². The molecule has 3 aromatic rings. The number of benzene rings is 3. The fourth-order valence-corrected chi connectivity index (χ4v) is 6.82. The van der Waals surface area contributed by atoms with Crippen LogP contribution in [0, 0.1) is 19.3 Å². The Morgan fingerprint density at radius 2 is 1.89 bits per heavy atom. The van der Waals surface area contributed by atoms with Crippen molar-refractivity contribution in [3.63, 3.8) is 0 Å². The van der Waals surface area contributed by atoms with Gasteiger partial charge >= 0.3 is 5.97 Å². The van der Waals surface area contributed by atoms with E-state index in [9.17, 15) is 9.59 Å². The third-order valence-electron chi connectivity index (χ3n) is 8.45. The van der Waals surface area contributed by atoms with Crippen LogP contribution in [0.25, 0.3) is 0 Å². The number of carbonyl (C=O) groups excluding carboxylic acids is 2. The summed E-state index contributed by atoms with van der Waals surface area (Å²) in [5, 5.41) is 6.13. The van der Waals surface area contributed by atoms with Gasteiger partial charge in [-0.2, -0.15) is 0 Å². The number of fused-ring (bicyclic) bond motifs is 1. The first kappa shape index (κ1) is 33.2. The second-order valence-corrected chi connectivity index (χ2v) is 13.0. The predicted molar refractivity (Wildman–Crippen MR) is 179 cm³/mol. The molecule has 1 heterocycles. The molecule has 0 saturated carbocycles. The van der Waals surface area contributed by atoms with E-state index in [0.29, 0.717) is 12.2 Å². The number of aryl methyl sites for hydroxylation is 1. The molecule has 0 aromatic heterocycles. The van der Waals surface area contributed by atoms with Crippen molar-refractivity contribution in [3.8, 4) is 5.75 Å². The molecule has 1 unspecified atom stereocenters. The quantitative estimate of drug-likeness (QED) is 0.128. The van der Waals surface area contributed by atoms with E-state index in [1.165, 1.54) is 18.2 Å². The van der Waals surface area contributed by atoms with Crippen molar-refractivity contribution in [1.29, 1.82) is 0 Å². The second-order valence-electron chi connectivity index (χ2n) is 11.9. The zero-order valence-corrected chi connectivity index (χ0v) is 27.8. The summed E-state index contributed by atoms with van der Waals surface area (Å²) in [5.41, 5.74) is 12.5. The molecule has 0 radical (unpaired) electrons. The molecule has 236 valence electrons. The van der Waals surface area contributed by atoms with Gasteiger partial charge in [-0.1, -0.05) is 57.2 Å². The Kier molecular flexibility index (Phi) is 10.9. The number of nitrogens with zero attached hydrogens (tertiary/aromatic N) is 1. The summed E-state index contributed by atoms with van der Waals surface area (Å²) < 4.78 is 13.5. The molecule has 4 N–H and O–H groups in total. The van der Waals surface area contributed by atoms with E-state index in [4.69, 9.17) is 15.2 Å². The van der Waals surface area contributed by atoms with Crippen LogP contribution in [0.2, 0.25) is 0 Å². The van der Waals surface area contributed by atoms with E-state index in [1.807, 2.05) is 52.0 Å². The Labute approximate surface area is 266 Å². The molecule has 3 aromatic carbocycles. The number of hydrogen-bond acceptors (Lipinski definition) is 8. The molecule has 4 rings (SSSR count). The van der Waals surface area contributed by atoms with Gasteiger partial charge < -0.3 is 25.8 Å². The maximum atomic E-state index is 13.7. The van der Waals surface area contributed by atoms with Crippen LogP contribution in [0.15, 0.2) is 59.5 Å².